The Morgan fingerprint density at radius 2 is 2.06 bits per heavy atom. The molecule has 0 saturated heterocycles. The molecule has 0 aliphatic heterocycles. The van der Waals surface area contributed by atoms with Crippen LogP contribution in [0, 0.1) is 0 Å². The predicted octanol–water partition coefficient (Wildman–Crippen LogP) is -1.20. The highest BCUT2D eigenvalue weighted by molar-refractivity contribution is 5.95. The first-order valence-corrected chi connectivity index (χ1v) is 5.04. The summed E-state index contributed by atoms with van der Waals surface area (Å²) in [5, 5.41) is 10.9. The van der Waals surface area contributed by atoms with E-state index in [0.29, 0.717) is 5.76 Å². The third kappa shape index (κ3) is 3.59. The second kappa shape index (κ2) is 5.82. The van der Waals surface area contributed by atoms with Crippen LogP contribution in [-0.2, 0) is 16.1 Å². The van der Waals surface area contributed by atoms with Gasteiger partial charge in [-0.15, -0.1) is 0 Å². The Balaban J connectivity index is 2.71. The SMILES string of the molecule is NCc1ccc(C(=O)NC(CC(N)=O)C(=O)O)o1. The lowest BCUT2D eigenvalue weighted by molar-refractivity contribution is -0.140. The van der Waals surface area contributed by atoms with Gasteiger partial charge in [0.25, 0.3) is 5.91 Å². The maximum Gasteiger partial charge on any atom is 0.326 e. The van der Waals surface area contributed by atoms with E-state index in [1.807, 2.05) is 0 Å². The van der Waals surface area contributed by atoms with E-state index in [4.69, 9.17) is 21.0 Å². The van der Waals surface area contributed by atoms with Crippen molar-refractivity contribution in [2.45, 2.75) is 19.0 Å². The van der Waals surface area contributed by atoms with Crippen molar-refractivity contribution >= 4 is 17.8 Å². The molecule has 1 unspecified atom stereocenters. The molecule has 6 N–H and O–H groups in total. The summed E-state index contributed by atoms with van der Waals surface area (Å²) in [7, 11) is 0. The van der Waals surface area contributed by atoms with Crippen LogP contribution in [0.25, 0.3) is 0 Å². The number of carbonyl (C=O) groups is 3. The number of carboxylic acids is 1. The van der Waals surface area contributed by atoms with E-state index >= 15 is 0 Å². The number of aliphatic carboxylic acids is 1. The van der Waals surface area contributed by atoms with Gasteiger partial charge in [0.1, 0.15) is 11.8 Å². The zero-order valence-corrected chi connectivity index (χ0v) is 9.38. The van der Waals surface area contributed by atoms with Crippen molar-refractivity contribution < 1.29 is 23.9 Å². The number of hydrogen-bond donors (Lipinski definition) is 4. The highest BCUT2D eigenvalue weighted by Gasteiger charge is 2.23. The number of nitrogens with one attached hydrogen (secondary N) is 1. The van der Waals surface area contributed by atoms with E-state index in [1.54, 1.807) is 0 Å². The van der Waals surface area contributed by atoms with Crippen LogP contribution in [0.3, 0.4) is 0 Å². The Morgan fingerprint density at radius 1 is 1.39 bits per heavy atom. The van der Waals surface area contributed by atoms with Crippen LogP contribution in [0.4, 0.5) is 0 Å². The largest absolute Gasteiger partial charge is 0.480 e. The van der Waals surface area contributed by atoms with E-state index in [-0.39, 0.29) is 12.3 Å². The monoisotopic (exact) mass is 255 g/mol. The number of primary amides is 1. The lowest BCUT2D eigenvalue weighted by Gasteiger charge is -2.11. The highest BCUT2D eigenvalue weighted by atomic mass is 16.4. The number of furan rings is 1. The van der Waals surface area contributed by atoms with Gasteiger partial charge in [-0.1, -0.05) is 0 Å². The molecule has 1 heterocycles. The average molecular weight is 255 g/mol. The fraction of sp³-hybridized carbons (Fsp3) is 0.300. The van der Waals surface area contributed by atoms with E-state index < -0.39 is 30.2 Å². The molecular formula is C10H13N3O5. The van der Waals surface area contributed by atoms with Crippen LogP contribution in [0.1, 0.15) is 22.7 Å². The molecule has 8 nitrogen and oxygen atoms in total. The fourth-order valence-corrected chi connectivity index (χ4v) is 1.24. The van der Waals surface area contributed by atoms with Crippen molar-refractivity contribution in [2.24, 2.45) is 11.5 Å². The van der Waals surface area contributed by atoms with Crippen molar-refractivity contribution in [3.05, 3.63) is 23.7 Å². The molecule has 0 fully saturated rings. The van der Waals surface area contributed by atoms with E-state index in [0.717, 1.165) is 0 Å². The van der Waals surface area contributed by atoms with Crippen molar-refractivity contribution in [2.75, 3.05) is 0 Å². The summed E-state index contributed by atoms with van der Waals surface area (Å²) in [5.74, 6) is -2.62. The van der Waals surface area contributed by atoms with Crippen molar-refractivity contribution in [1.29, 1.82) is 0 Å². The molecule has 1 aromatic heterocycles. The van der Waals surface area contributed by atoms with Crippen LogP contribution in [0.2, 0.25) is 0 Å². The molecule has 1 atom stereocenters. The highest BCUT2D eigenvalue weighted by Crippen LogP contribution is 2.07. The first-order valence-electron chi connectivity index (χ1n) is 5.04. The van der Waals surface area contributed by atoms with Gasteiger partial charge in [0.2, 0.25) is 5.91 Å². The van der Waals surface area contributed by atoms with Gasteiger partial charge in [-0.25, -0.2) is 4.79 Å². The third-order valence-electron chi connectivity index (χ3n) is 2.10. The molecule has 0 bridgehead atoms. The van der Waals surface area contributed by atoms with Crippen LogP contribution in [0.15, 0.2) is 16.5 Å². The minimum absolute atomic E-state index is 0.0776. The Labute approximate surface area is 102 Å². The lowest BCUT2D eigenvalue weighted by atomic mass is 10.2. The summed E-state index contributed by atoms with van der Waals surface area (Å²) in [6, 6.07) is 1.47. The fourth-order valence-electron chi connectivity index (χ4n) is 1.24. The minimum atomic E-state index is -1.39. The summed E-state index contributed by atoms with van der Waals surface area (Å²) < 4.78 is 5.03. The number of carboxylic acid groups (broad SMARTS) is 1. The summed E-state index contributed by atoms with van der Waals surface area (Å²) in [5.41, 5.74) is 10.2. The van der Waals surface area contributed by atoms with Crippen molar-refractivity contribution in [1.82, 2.24) is 5.32 Å². The summed E-state index contributed by atoms with van der Waals surface area (Å²) >= 11 is 0. The number of carbonyl (C=O) groups excluding carboxylic acids is 2. The molecule has 1 aromatic rings. The number of nitrogens with two attached hydrogens (primary N) is 2. The van der Waals surface area contributed by atoms with Gasteiger partial charge in [-0.05, 0) is 12.1 Å². The normalized spacial score (nSPS) is 11.8. The maximum absolute atomic E-state index is 11.6. The number of amides is 2. The summed E-state index contributed by atoms with van der Waals surface area (Å²) in [6.07, 6.45) is -0.495. The van der Waals surface area contributed by atoms with Gasteiger partial charge in [0.05, 0.1) is 13.0 Å². The molecule has 1 rings (SSSR count). The van der Waals surface area contributed by atoms with E-state index in [2.05, 4.69) is 5.32 Å². The molecule has 98 valence electrons. The predicted molar refractivity (Wildman–Crippen MR) is 59.3 cm³/mol. The van der Waals surface area contributed by atoms with Gasteiger partial charge in [-0.2, -0.15) is 0 Å². The van der Waals surface area contributed by atoms with Crippen LogP contribution >= 0.6 is 0 Å². The molecule has 0 aliphatic carbocycles. The van der Waals surface area contributed by atoms with Crippen LogP contribution in [0.5, 0.6) is 0 Å². The van der Waals surface area contributed by atoms with Gasteiger partial charge in [0.15, 0.2) is 5.76 Å². The Kier molecular flexibility index (Phi) is 4.44. The summed E-state index contributed by atoms with van der Waals surface area (Å²) in [4.78, 5) is 33.0. The Hall–Kier alpha value is -2.35. The Bertz CT molecular complexity index is 468. The molecule has 0 spiro atoms. The summed E-state index contributed by atoms with van der Waals surface area (Å²) in [6.45, 7) is 0.122. The molecule has 0 saturated carbocycles. The average Bonchev–Trinajstić information content (AvgIpc) is 2.75. The zero-order valence-electron chi connectivity index (χ0n) is 9.38. The first kappa shape index (κ1) is 13.7. The second-order valence-electron chi connectivity index (χ2n) is 3.50. The number of rotatable bonds is 6. The topological polar surface area (TPSA) is 149 Å². The standard InChI is InChI=1S/C10H13N3O5/c11-4-5-1-2-7(18-5)9(15)13-6(10(16)17)3-8(12)14/h1-2,6H,3-4,11H2,(H2,12,14)(H,13,15)(H,16,17). The van der Waals surface area contributed by atoms with Gasteiger partial charge >= 0.3 is 5.97 Å². The molecule has 0 aliphatic rings. The smallest absolute Gasteiger partial charge is 0.326 e. The van der Waals surface area contributed by atoms with Crippen molar-refractivity contribution in [3.8, 4) is 0 Å². The van der Waals surface area contributed by atoms with Crippen LogP contribution in [-0.4, -0.2) is 28.9 Å². The lowest BCUT2D eigenvalue weighted by Crippen LogP contribution is -2.43. The Morgan fingerprint density at radius 3 is 2.50 bits per heavy atom. The van der Waals surface area contributed by atoms with Crippen LogP contribution < -0.4 is 16.8 Å². The van der Waals surface area contributed by atoms with Gasteiger partial charge in [-0.3, -0.25) is 9.59 Å². The second-order valence-corrected chi connectivity index (χ2v) is 3.50. The van der Waals surface area contributed by atoms with E-state index in [9.17, 15) is 14.4 Å². The maximum atomic E-state index is 11.6. The van der Waals surface area contributed by atoms with Crippen molar-refractivity contribution in [3.63, 3.8) is 0 Å². The molecular weight excluding hydrogens is 242 g/mol. The molecule has 0 aromatic carbocycles. The first-order chi connectivity index (χ1) is 8.43. The van der Waals surface area contributed by atoms with Gasteiger partial charge < -0.3 is 26.3 Å². The van der Waals surface area contributed by atoms with E-state index in [1.165, 1.54) is 12.1 Å². The molecule has 0 radical (unpaired) electrons. The quantitative estimate of drug-likeness (QED) is 0.501. The molecule has 8 heteroatoms. The molecule has 18 heavy (non-hydrogen) atoms. The molecule has 2 amide bonds. The minimum Gasteiger partial charge on any atom is -0.480 e. The number of hydrogen-bond acceptors (Lipinski definition) is 5. The zero-order chi connectivity index (χ0) is 13.7. The third-order valence-corrected chi connectivity index (χ3v) is 2.10. The van der Waals surface area contributed by atoms with Gasteiger partial charge in [0, 0.05) is 0 Å².